The molecule has 0 aliphatic rings. The second-order valence-electron chi connectivity index (χ2n) is 6.29. The molecule has 0 bridgehead atoms. The van der Waals surface area contributed by atoms with Crippen molar-refractivity contribution in [2.45, 2.75) is 6.54 Å². The topological polar surface area (TPSA) is 76.7 Å². The molecule has 0 unspecified atom stereocenters. The van der Waals surface area contributed by atoms with Gasteiger partial charge in [-0.1, -0.05) is 18.2 Å². The van der Waals surface area contributed by atoms with E-state index in [0.717, 1.165) is 11.3 Å². The van der Waals surface area contributed by atoms with Crippen molar-refractivity contribution in [1.29, 1.82) is 0 Å². The molecule has 0 saturated heterocycles. The highest BCUT2D eigenvalue weighted by molar-refractivity contribution is 6.06. The Labute approximate surface area is 169 Å². The van der Waals surface area contributed by atoms with E-state index in [4.69, 9.17) is 9.47 Å². The van der Waals surface area contributed by atoms with Crippen molar-refractivity contribution in [2.24, 2.45) is 0 Å². The number of hydrogen-bond donors (Lipinski definition) is 2. The molecule has 6 nitrogen and oxygen atoms in total. The van der Waals surface area contributed by atoms with Gasteiger partial charge in [-0.05, 0) is 60.2 Å². The van der Waals surface area contributed by atoms with E-state index in [0.29, 0.717) is 29.1 Å². The molecule has 0 fully saturated rings. The van der Waals surface area contributed by atoms with Crippen molar-refractivity contribution in [1.82, 2.24) is 5.32 Å². The average molecular weight is 390 g/mol. The molecule has 6 heteroatoms. The van der Waals surface area contributed by atoms with Crippen molar-refractivity contribution in [3.8, 4) is 11.5 Å². The third kappa shape index (κ3) is 5.35. The second-order valence-corrected chi connectivity index (χ2v) is 6.29. The molecule has 29 heavy (non-hydrogen) atoms. The average Bonchev–Trinajstić information content (AvgIpc) is 2.78. The Hall–Kier alpha value is -3.80. The summed E-state index contributed by atoms with van der Waals surface area (Å²) in [6.07, 6.45) is 0. The summed E-state index contributed by atoms with van der Waals surface area (Å²) in [5.74, 6) is 0.925. The minimum atomic E-state index is -0.292. The van der Waals surface area contributed by atoms with Crippen LogP contribution in [0.4, 0.5) is 5.69 Å². The number of carbonyl (C=O) groups excluding carboxylic acids is 2. The quantitative estimate of drug-likeness (QED) is 0.642. The number of nitrogens with one attached hydrogen (secondary N) is 2. The molecule has 0 aromatic heterocycles. The Morgan fingerprint density at radius 3 is 1.90 bits per heavy atom. The maximum Gasteiger partial charge on any atom is 0.255 e. The Balaban J connectivity index is 1.62. The van der Waals surface area contributed by atoms with Gasteiger partial charge in [0.05, 0.1) is 14.2 Å². The van der Waals surface area contributed by atoms with Gasteiger partial charge in [-0.25, -0.2) is 0 Å². The molecule has 2 amide bonds. The van der Waals surface area contributed by atoms with Crippen LogP contribution in [-0.4, -0.2) is 26.0 Å². The summed E-state index contributed by atoms with van der Waals surface area (Å²) in [6, 6.07) is 21.1. The monoisotopic (exact) mass is 390 g/mol. The molecule has 3 aromatic rings. The lowest BCUT2D eigenvalue weighted by atomic mass is 10.1. The highest BCUT2D eigenvalue weighted by atomic mass is 16.5. The molecule has 0 aliphatic carbocycles. The summed E-state index contributed by atoms with van der Waals surface area (Å²) in [7, 11) is 3.19. The van der Waals surface area contributed by atoms with Crippen molar-refractivity contribution < 1.29 is 19.1 Å². The second kappa shape index (κ2) is 9.41. The Morgan fingerprint density at radius 1 is 0.759 bits per heavy atom. The summed E-state index contributed by atoms with van der Waals surface area (Å²) in [5, 5.41) is 5.66. The van der Waals surface area contributed by atoms with E-state index in [2.05, 4.69) is 10.6 Å². The molecule has 2 N–H and O–H groups in total. The van der Waals surface area contributed by atoms with Crippen molar-refractivity contribution in [3.05, 3.63) is 89.5 Å². The van der Waals surface area contributed by atoms with Gasteiger partial charge in [0.2, 0.25) is 0 Å². The smallest absolute Gasteiger partial charge is 0.255 e. The van der Waals surface area contributed by atoms with Crippen molar-refractivity contribution in [3.63, 3.8) is 0 Å². The van der Waals surface area contributed by atoms with E-state index in [9.17, 15) is 9.59 Å². The van der Waals surface area contributed by atoms with Crippen LogP contribution in [0, 0.1) is 0 Å². The zero-order valence-corrected chi connectivity index (χ0v) is 16.3. The number of benzene rings is 3. The van der Waals surface area contributed by atoms with Crippen LogP contribution < -0.4 is 20.1 Å². The van der Waals surface area contributed by atoms with Crippen LogP contribution in [0.25, 0.3) is 0 Å². The summed E-state index contributed by atoms with van der Waals surface area (Å²) >= 11 is 0. The SMILES string of the molecule is COc1ccc(CNC(=O)c2cccc(C(=O)Nc3ccc(OC)cc3)c2)cc1. The van der Waals surface area contributed by atoms with Gasteiger partial charge in [0, 0.05) is 23.4 Å². The number of hydrogen-bond acceptors (Lipinski definition) is 4. The lowest BCUT2D eigenvalue weighted by Crippen LogP contribution is -2.23. The summed E-state index contributed by atoms with van der Waals surface area (Å²) in [6.45, 7) is 0.380. The predicted molar refractivity (Wildman–Crippen MR) is 112 cm³/mol. The standard InChI is InChI=1S/C23H22N2O4/c1-28-20-10-6-16(7-11-20)15-24-22(26)17-4-3-5-18(14-17)23(27)25-19-8-12-21(29-2)13-9-19/h3-14H,15H2,1-2H3,(H,24,26)(H,25,27). The maximum absolute atomic E-state index is 12.5. The largest absolute Gasteiger partial charge is 0.497 e. The molecule has 0 atom stereocenters. The highest BCUT2D eigenvalue weighted by Gasteiger charge is 2.11. The van der Waals surface area contributed by atoms with Gasteiger partial charge in [-0.3, -0.25) is 9.59 Å². The molecule has 0 saturated carbocycles. The van der Waals surface area contributed by atoms with E-state index < -0.39 is 0 Å². The van der Waals surface area contributed by atoms with Crippen LogP contribution in [0.1, 0.15) is 26.3 Å². The lowest BCUT2D eigenvalue weighted by Gasteiger charge is -2.09. The summed E-state index contributed by atoms with van der Waals surface area (Å²) in [4.78, 5) is 25.0. The van der Waals surface area contributed by atoms with Gasteiger partial charge >= 0.3 is 0 Å². The fourth-order valence-corrected chi connectivity index (χ4v) is 2.71. The summed E-state index contributed by atoms with van der Waals surface area (Å²) < 4.78 is 10.2. The predicted octanol–water partition coefficient (Wildman–Crippen LogP) is 3.89. The van der Waals surface area contributed by atoms with Gasteiger partial charge in [-0.2, -0.15) is 0 Å². The van der Waals surface area contributed by atoms with Crippen LogP contribution in [0.5, 0.6) is 11.5 Å². The van der Waals surface area contributed by atoms with E-state index in [-0.39, 0.29) is 11.8 Å². The molecule has 0 heterocycles. The van der Waals surface area contributed by atoms with Crippen LogP contribution in [0.15, 0.2) is 72.8 Å². The van der Waals surface area contributed by atoms with E-state index in [1.165, 1.54) is 0 Å². The van der Waals surface area contributed by atoms with Crippen LogP contribution >= 0.6 is 0 Å². The molecule has 0 spiro atoms. The van der Waals surface area contributed by atoms with Crippen molar-refractivity contribution >= 4 is 17.5 Å². The van der Waals surface area contributed by atoms with Gasteiger partial charge in [0.25, 0.3) is 11.8 Å². The molecule has 0 radical (unpaired) electrons. The van der Waals surface area contributed by atoms with Gasteiger partial charge in [0.1, 0.15) is 11.5 Å². The minimum Gasteiger partial charge on any atom is -0.497 e. The van der Waals surface area contributed by atoms with Crippen LogP contribution in [0.3, 0.4) is 0 Å². The van der Waals surface area contributed by atoms with E-state index in [1.54, 1.807) is 62.8 Å². The van der Waals surface area contributed by atoms with Gasteiger partial charge < -0.3 is 20.1 Å². The first-order valence-electron chi connectivity index (χ1n) is 9.05. The Kier molecular flexibility index (Phi) is 6.47. The highest BCUT2D eigenvalue weighted by Crippen LogP contribution is 2.16. The molecular formula is C23H22N2O4. The molecule has 0 aliphatic heterocycles. The number of anilines is 1. The van der Waals surface area contributed by atoms with Crippen LogP contribution in [0.2, 0.25) is 0 Å². The van der Waals surface area contributed by atoms with E-state index in [1.807, 2.05) is 24.3 Å². The Morgan fingerprint density at radius 2 is 1.31 bits per heavy atom. The first-order chi connectivity index (χ1) is 14.1. The fourth-order valence-electron chi connectivity index (χ4n) is 2.71. The van der Waals surface area contributed by atoms with Gasteiger partial charge in [-0.15, -0.1) is 0 Å². The first-order valence-corrected chi connectivity index (χ1v) is 9.05. The van der Waals surface area contributed by atoms with Gasteiger partial charge in [0.15, 0.2) is 0 Å². The number of ether oxygens (including phenoxy) is 2. The normalized spacial score (nSPS) is 10.1. The minimum absolute atomic E-state index is 0.250. The zero-order valence-electron chi connectivity index (χ0n) is 16.3. The molecule has 148 valence electrons. The van der Waals surface area contributed by atoms with E-state index >= 15 is 0 Å². The number of carbonyl (C=O) groups is 2. The van der Waals surface area contributed by atoms with Crippen LogP contribution in [-0.2, 0) is 6.54 Å². The first kappa shape index (κ1) is 19.9. The number of methoxy groups -OCH3 is 2. The summed E-state index contributed by atoms with van der Waals surface area (Å²) in [5.41, 5.74) is 2.41. The third-order valence-electron chi connectivity index (χ3n) is 4.35. The fraction of sp³-hybridized carbons (Fsp3) is 0.130. The Bertz CT molecular complexity index is 983. The maximum atomic E-state index is 12.5. The number of amides is 2. The third-order valence-corrected chi connectivity index (χ3v) is 4.35. The lowest BCUT2D eigenvalue weighted by molar-refractivity contribution is 0.0951. The molecular weight excluding hydrogens is 368 g/mol. The zero-order chi connectivity index (χ0) is 20.6. The van der Waals surface area contributed by atoms with Crippen molar-refractivity contribution in [2.75, 3.05) is 19.5 Å². The molecule has 3 aromatic carbocycles. The molecule has 3 rings (SSSR count). The number of rotatable bonds is 7.